The summed E-state index contributed by atoms with van der Waals surface area (Å²) < 4.78 is 26.2. The fourth-order valence-electron chi connectivity index (χ4n) is 1.28. The molecule has 20 heavy (non-hydrogen) atoms. The molecule has 1 aromatic heterocycles. The molecular formula is C10H6Cl3N3O3S. The lowest BCUT2D eigenvalue weighted by atomic mass is 10.4. The summed E-state index contributed by atoms with van der Waals surface area (Å²) in [7, 11) is -4.01. The van der Waals surface area contributed by atoms with Crippen LogP contribution >= 0.6 is 34.8 Å². The monoisotopic (exact) mass is 353 g/mol. The summed E-state index contributed by atoms with van der Waals surface area (Å²) >= 11 is 17.0. The normalized spacial score (nSPS) is 11.3. The van der Waals surface area contributed by atoms with E-state index in [2.05, 4.69) is 10.2 Å². The van der Waals surface area contributed by atoms with Gasteiger partial charge in [0.15, 0.2) is 0 Å². The summed E-state index contributed by atoms with van der Waals surface area (Å²) in [5, 5.41) is 6.07. The minimum absolute atomic E-state index is 0.00696. The number of anilines is 1. The van der Waals surface area contributed by atoms with Crippen molar-refractivity contribution in [2.24, 2.45) is 0 Å². The Hall–Kier alpha value is -1.28. The van der Waals surface area contributed by atoms with Gasteiger partial charge in [-0.2, -0.15) is 5.10 Å². The third-order valence-corrected chi connectivity index (χ3v) is 4.47. The van der Waals surface area contributed by atoms with Gasteiger partial charge in [0.05, 0.1) is 14.9 Å². The first kappa shape index (κ1) is 15.1. The molecule has 2 aromatic rings. The Bertz CT molecular complexity index is 820. The van der Waals surface area contributed by atoms with Gasteiger partial charge < -0.3 is 0 Å². The Labute approximate surface area is 128 Å². The summed E-state index contributed by atoms with van der Waals surface area (Å²) in [6.07, 6.45) is 0. The zero-order valence-electron chi connectivity index (χ0n) is 9.52. The van der Waals surface area contributed by atoms with Crippen molar-refractivity contribution in [3.8, 4) is 0 Å². The van der Waals surface area contributed by atoms with Crippen LogP contribution in [-0.4, -0.2) is 18.6 Å². The zero-order chi connectivity index (χ0) is 14.9. The molecule has 0 saturated heterocycles. The average molecular weight is 355 g/mol. The molecule has 0 atom stereocenters. The van der Waals surface area contributed by atoms with E-state index in [0.29, 0.717) is 0 Å². The van der Waals surface area contributed by atoms with Crippen molar-refractivity contribution in [3.05, 3.63) is 49.7 Å². The van der Waals surface area contributed by atoms with Crippen molar-refractivity contribution in [3.63, 3.8) is 0 Å². The van der Waals surface area contributed by atoms with Crippen molar-refractivity contribution >= 4 is 50.6 Å². The highest BCUT2D eigenvalue weighted by Crippen LogP contribution is 2.25. The number of aromatic amines is 1. The van der Waals surface area contributed by atoms with Crippen LogP contribution in [-0.2, 0) is 10.0 Å². The van der Waals surface area contributed by atoms with Gasteiger partial charge in [0.2, 0.25) is 11.2 Å². The van der Waals surface area contributed by atoms with Crippen molar-refractivity contribution in [2.45, 2.75) is 4.90 Å². The number of aromatic nitrogens is 2. The van der Waals surface area contributed by atoms with E-state index in [1.807, 2.05) is 4.72 Å². The first-order valence-electron chi connectivity index (χ1n) is 5.03. The second-order valence-corrected chi connectivity index (χ2v) is 6.51. The van der Waals surface area contributed by atoms with E-state index in [0.717, 1.165) is 12.1 Å². The van der Waals surface area contributed by atoms with E-state index < -0.39 is 21.3 Å². The van der Waals surface area contributed by atoms with Gasteiger partial charge in [0.25, 0.3) is 10.0 Å². The third kappa shape index (κ3) is 3.24. The Morgan fingerprint density at radius 1 is 1.10 bits per heavy atom. The van der Waals surface area contributed by atoms with E-state index in [1.165, 1.54) is 12.1 Å². The molecule has 0 aliphatic carbocycles. The van der Waals surface area contributed by atoms with Gasteiger partial charge in [0, 0.05) is 6.07 Å². The number of hydrogen-bond acceptors (Lipinski definition) is 4. The molecule has 2 rings (SSSR count). The predicted molar refractivity (Wildman–Crippen MR) is 77.1 cm³/mol. The van der Waals surface area contributed by atoms with Crippen molar-refractivity contribution < 1.29 is 8.42 Å². The van der Waals surface area contributed by atoms with Crippen LogP contribution in [0.2, 0.25) is 15.2 Å². The first-order valence-corrected chi connectivity index (χ1v) is 7.64. The molecule has 2 N–H and O–H groups in total. The third-order valence-electron chi connectivity index (χ3n) is 2.20. The van der Waals surface area contributed by atoms with Crippen LogP contribution < -0.4 is 10.2 Å². The van der Waals surface area contributed by atoms with Crippen LogP contribution in [0.15, 0.2) is 34.0 Å². The molecule has 10 heteroatoms. The Morgan fingerprint density at radius 3 is 2.40 bits per heavy atom. The maximum absolute atomic E-state index is 12.1. The molecule has 0 amide bonds. The molecular weight excluding hydrogens is 349 g/mol. The lowest BCUT2D eigenvalue weighted by Crippen LogP contribution is -2.20. The van der Waals surface area contributed by atoms with Gasteiger partial charge in [-0.05, 0) is 18.2 Å². The number of benzene rings is 1. The molecule has 0 aliphatic heterocycles. The number of H-pyrrole nitrogens is 1. The highest BCUT2D eigenvalue weighted by molar-refractivity contribution is 7.92. The SMILES string of the molecule is O=c1cc(Cl)[nH]nc1NS(=O)(=O)c1ccc(Cl)c(Cl)c1. The van der Waals surface area contributed by atoms with E-state index in [9.17, 15) is 13.2 Å². The molecule has 0 unspecified atom stereocenters. The molecule has 0 bridgehead atoms. The van der Waals surface area contributed by atoms with E-state index in [4.69, 9.17) is 34.8 Å². The van der Waals surface area contributed by atoms with E-state index in [1.54, 1.807) is 0 Å². The lowest BCUT2D eigenvalue weighted by Gasteiger charge is -2.07. The van der Waals surface area contributed by atoms with Gasteiger partial charge >= 0.3 is 0 Å². The van der Waals surface area contributed by atoms with Crippen LogP contribution in [0.25, 0.3) is 0 Å². The summed E-state index contributed by atoms with van der Waals surface area (Å²) in [6, 6.07) is 4.75. The zero-order valence-corrected chi connectivity index (χ0v) is 12.6. The number of nitrogens with zero attached hydrogens (tertiary/aromatic N) is 1. The summed E-state index contributed by atoms with van der Waals surface area (Å²) in [6.45, 7) is 0. The van der Waals surface area contributed by atoms with Crippen LogP contribution in [0, 0.1) is 0 Å². The topological polar surface area (TPSA) is 91.9 Å². The minimum Gasteiger partial charge on any atom is -0.286 e. The molecule has 106 valence electrons. The van der Waals surface area contributed by atoms with E-state index in [-0.39, 0.29) is 20.1 Å². The maximum Gasteiger partial charge on any atom is 0.263 e. The molecule has 0 saturated carbocycles. The van der Waals surface area contributed by atoms with Gasteiger partial charge in [-0.25, -0.2) is 8.42 Å². The van der Waals surface area contributed by atoms with Crippen molar-refractivity contribution in [1.82, 2.24) is 10.2 Å². The second-order valence-electron chi connectivity index (χ2n) is 3.61. The lowest BCUT2D eigenvalue weighted by molar-refractivity contribution is 0.601. The fraction of sp³-hybridized carbons (Fsp3) is 0. The Kier molecular flexibility index (Phi) is 4.24. The largest absolute Gasteiger partial charge is 0.286 e. The van der Waals surface area contributed by atoms with Crippen LogP contribution in [0.4, 0.5) is 5.82 Å². The van der Waals surface area contributed by atoms with Gasteiger partial charge in [-0.3, -0.25) is 14.6 Å². The second kappa shape index (κ2) is 5.61. The Balaban J connectivity index is 2.40. The highest BCUT2D eigenvalue weighted by Gasteiger charge is 2.18. The standard InChI is InChI=1S/C10H6Cl3N3O3S/c11-6-2-1-5(3-7(6)12)20(18,19)16-10-8(17)4-9(13)14-15-10/h1-4H,(H,14,17)(H,15,16). The van der Waals surface area contributed by atoms with Gasteiger partial charge in [-0.15, -0.1) is 0 Å². The predicted octanol–water partition coefficient (Wildman–Crippen LogP) is 2.53. The molecule has 1 heterocycles. The maximum atomic E-state index is 12.1. The molecule has 0 radical (unpaired) electrons. The first-order chi connectivity index (χ1) is 9.29. The van der Waals surface area contributed by atoms with Crippen LogP contribution in [0.3, 0.4) is 0 Å². The minimum atomic E-state index is -4.01. The summed E-state index contributed by atoms with van der Waals surface area (Å²) in [4.78, 5) is 11.4. The molecule has 0 aliphatic rings. The van der Waals surface area contributed by atoms with E-state index >= 15 is 0 Å². The fourth-order valence-corrected chi connectivity index (χ4v) is 2.83. The molecule has 0 spiro atoms. The number of halogens is 3. The molecule has 0 fully saturated rings. The number of rotatable bonds is 3. The van der Waals surface area contributed by atoms with Crippen molar-refractivity contribution in [2.75, 3.05) is 4.72 Å². The van der Waals surface area contributed by atoms with Gasteiger partial charge in [-0.1, -0.05) is 34.8 Å². The molecule has 6 nitrogen and oxygen atoms in total. The van der Waals surface area contributed by atoms with Crippen LogP contribution in [0.5, 0.6) is 0 Å². The summed E-state index contributed by atoms with van der Waals surface area (Å²) in [5.41, 5.74) is -0.669. The summed E-state index contributed by atoms with van der Waals surface area (Å²) in [5.74, 6) is -0.402. The van der Waals surface area contributed by atoms with Gasteiger partial charge in [0.1, 0.15) is 5.15 Å². The smallest absolute Gasteiger partial charge is 0.263 e. The molecule has 1 aromatic carbocycles. The average Bonchev–Trinajstić information content (AvgIpc) is 2.36. The van der Waals surface area contributed by atoms with Crippen molar-refractivity contribution in [1.29, 1.82) is 0 Å². The van der Waals surface area contributed by atoms with Crippen LogP contribution in [0.1, 0.15) is 0 Å². The number of nitrogens with one attached hydrogen (secondary N) is 2. The number of sulfonamides is 1. The highest BCUT2D eigenvalue weighted by atomic mass is 35.5. The Morgan fingerprint density at radius 2 is 1.80 bits per heavy atom. The quantitative estimate of drug-likeness (QED) is 0.886. The number of hydrogen-bond donors (Lipinski definition) is 2.